The fraction of sp³-hybridized carbons (Fsp3) is 0.538. The molecule has 0 radical (unpaired) electrons. The molecule has 2 unspecified atom stereocenters. The molecule has 0 heterocycles. The predicted molar refractivity (Wildman–Crippen MR) is 58.8 cm³/mol. The molecule has 1 nitrogen and oxygen atoms in total. The smallest absolute Gasteiger partial charge is 0.242 e. The lowest BCUT2D eigenvalue weighted by Crippen LogP contribution is -2.24. The van der Waals surface area contributed by atoms with Gasteiger partial charge in [-0.1, -0.05) is 31.0 Å². The Morgan fingerprint density at radius 3 is 2.50 bits per heavy atom. The summed E-state index contributed by atoms with van der Waals surface area (Å²) in [5.74, 6) is -0.628. The van der Waals surface area contributed by atoms with Crippen LogP contribution in [0.4, 0.5) is 8.78 Å². The van der Waals surface area contributed by atoms with E-state index in [1.807, 2.05) is 0 Å². The van der Waals surface area contributed by atoms with E-state index in [4.69, 9.17) is 0 Å². The van der Waals surface area contributed by atoms with E-state index in [2.05, 4.69) is 0 Å². The van der Waals surface area contributed by atoms with Gasteiger partial charge in [-0.25, -0.2) is 8.78 Å². The molecule has 0 spiro atoms. The average Bonchev–Trinajstić information content (AvgIpc) is 2.29. The van der Waals surface area contributed by atoms with E-state index >= 15 is 0 Å². The van der Waals surface area contributed by atoms with Crippen LogP contribution in [0.2, 0.25) is 0 Å². The van der Waals surface area contributed by atoms with Crippen LogP contribution in [-0.4, -0.2) is 11.5 Å². The number of phenolic OH excluding ortho intramolecular Hbond substituents is 1. The minimum atomic E-state index is -2.29. The topological polar surface area (TPSA) is 20.2 Å². The van der Waals surface area contributed by atoms with E-state index in [-0.39, 0.29) is 11.7 Å². The second kappa shape index (κ2) is 4.81. The van der Waals surface area contributed by atoms with Gasteiger partial charge in [0.2, 0.25) is 6.43 Å². The first kappa shape index (κ1) is 11.4. The Morgan fingerprint density at radius 1 is 1.12 bits per heavy atom. The van der Waals surface area contributed by atoms with E-state index in [1.165, 1.54) is 0 Å². The maximum absolute atomic E-state index is 12.9. The molecule has 1 aliphatic rings. The van der Waals surface area contributed by atoms with E-state index in [0.29, 0.717) is 12.0 Å². The van der Waals surface area contributed by atoms with E-state index in [9.17, 15) is 13.9 Å². The number of para-hydroxylation sites is 1. The number of rotatable bonds is 2. The summed E-state index contributed by atoms with van der Waals surface area (Å²) in [5, 5.41) is 9.72. The molecule has 2 rings (SSSR count). The number of alkyl halides is 2. The van der Waals surface area contributed by atoms with Crippen LogP contribution in [0.3, 0.4) is 0 Å². The molecule has 1 aromatic carbocycles. The molecular formula is C13H16F2O. The predicted octanol–water partition coefficient (Wildman–Crippen LogP) is 3.93. The van der Waals surface area contributed by atoms with Gasteiger partial charge in [0, 0.05) is 5.92 Å². The summed E-state index contributed by atoms with van der Waals surface area (Å²) in [6, 6.07) is 6.86. The van der Waals surface area contributed by atoms with Crippen molar-refractivity contribution in [3.05, 3.63) is 29.8 Å². The summed E-state index contributed by atoms with van der Waals surface area (Å²) in [6.07, 6.45) is 0.884. The second-order valence-electron chi connectivity index (χ2n) is 4.45. The molecule has 1 aromatic rings. The lowest BCUT2D eigenvalue weighted by Gasteiger charge is -2.31. The first-order chi connectivity index (χ1) is 7.70. The Balaban J connectivity index is 2.27. The first-order valence-corrected chi connectivity index (χ1v) is 5.76. The highest BCUT2D eigenvalue weighted by atomic mass is 19.3. The summed E-state index contributed by atoms with van der Waals surface area (Å²) in [4.78, 5) is 0. The SMILES string of the molecule is Oc1ccccc1C1CCCCC1C(F)F. The van der Waals surface area contributed by atoms with Gasteiger partial charge in [0.1, 0.15) is 5.75 Å². The van der Waals surface area contributed by atoms with Gasteiger partial charge in [0.15, 0.2) is 0 Å². The molecule has 1 N–H and O–H groups in total. The van der Waals surface area contributed by atoms with Crippen LogP contribution in [0.25, 0.3) is 0 Å². The molecule has 16 heavy (non-hydrogen) atoms. The number of benzene rings is 1. The lowest BCUT2D eigenvalue weighted by atomic mass is 9.75. The van der Waals surface area contributed by atoms with Gasteiger partial charge in [-0.05, 0) is 30.4 Å². The Bertz CT molecular complexity index is 352. The zero-order valence-corrected chi connectivity index (χ0v) is 9.07. The number of aromatic hydroxyl groups is 1. The molecule has 2 atom stereocenters. The quantitative estimate of drug-likeness (QED) is 0.810. The highest BCUT2D eigenvalue weighted by Crippen LogP contribution is 2.43. The van der Waals surface area contributed by atoms with Crippen molar-refractivity contribution >= 4 is 0 Å². The van der Waals surface area contributed by atoms with Crippen molar-refractivity contribution in [2.45, 2.75) is 38.0 Å². The fourth-order valence-corrected chi connectivity index (χ4v) is 2.65. The number of hydrogen-bond acceptors (Lipinski definition) is 1. The van der Waals surface area contributed by atoms with E-state index in [1.54, 1.807) is 24.3 Å². The van der Waals surface area contributed by atoms with Crippen LogP contribution in [0, 0.1) is 5.92 Å². The largest absolute Gasteiger partial charge is 0.508 e. The third-order valence-corrected chi connectivity index (χ3v) is 3.48. The summed E-state index contributed by atoms with van der Waals surface area (Å²) in [7, 11) is 0. The van der Waals surface area contributed by atoms with Crippen molar-refractivity contribution in [1.29, 1.82) is 0 Å². The second-order valence-corrected chi connectivity index (χ2v) is 4.45. The molecule has 0 aromatic heterocycles. The maximum Gasteiger partial charge on any atom is 0.242 e. The van der Waals surface area contributed by atoms with Crippen LogP contribution in [0.5, 0.6) is 5.75 Å². The Morgan fingerprint density at radius 2 is 1.81 bits per heavy atom. The van der Waals surface area contributed by atoms with Gasteiger partial charge in [0.25, 0.3) is 0 Å². The van der Waals surface area contributed by atoms with Crippen LogP contribution >= 0.6 is 0 Å². The summed E-state index contributed by atoms with van der Waals surface area (Å²) < 4.78 is 25.8. The molecule has 0 amide bonds. The van der Waals surface area contributed by atoms with Crippen molar-refractivity contribution in [2.75, 3.05) is 0 Å². The molecular weight excluding hydrogens is 210 g/mol. The summed E-state index contributed by atoms with van der Waals surface area (Å²) in [6.45, 7) is 0. The Kier molecular flexibility index (Phi) is 3.42. The van der Waals surface area contributed by atoms with Gasteiger partial charge in [0.05, 0.1) is 0 Å². The van der Waals surface area contributed by atoms with Gasteiger partial charge in [-0.2, -0.15) is 0 Å². The molecule has 88 valence electrons. The van der Waals surface area contributed by atoms with Crippen molar-refractivity contribution in [1.82, 2.24) is 0 Å². The summed E-state index contributed by atoms with van der Waals surface area (Å²) >= 11 is 0. The van der Waals surface area contributed by atoms with Crippen molar-refractivity contribution in [2.24, 2.45) is 5.92 Å². The molecule has 1 fully saturated rings. The normalized spacial score (nSPS) is 25.9. The summed E-state index contributed by atoms with van der Waals surface area (Å²) in [5.41, 5.74) is 0.688. The first-order valence-electron chi connectivity index (χ1n) is 5.76. The van der Waals surface area contributed by atoms with Crippen LogP contribution in [0.15, 0.2) is 24.3 Å². The highest BCUT2D eigenvalue weighted by molar-refractivity contribution is 5.35. The molecule has 1 aliphatic carbocycles. The molecule has 0 aliphatic heterocycles. The van der Waals surface area contributed by atoms with Crippen molar-refractivity contribution in [3.8, 4) is 5.75 Å². The lowest BCUT2D eigenvalue weighted by molar-refractivity contribution is 0.0426. The maximum atomic E-state index is 12.9. The molecule has 0 saturated heterocycles. The fourth-order valence-electron chi connectivity index (χ4n) is 2.65. The highest BCUT2D eigenvalue weighted by Gasteiger charge is 2.34. The van der Waals surface area contributed by atoms with E-state index in [0.717, 1.165) is 19.3 Å². The van der Waals surface area contributed by atoms with Crippen molar-refractivity contribution < 1.29 is 13.9 Å². The number of phenols is 1. The van der Waals surface area contributed by atoms with Gasteiger partial charge < -0.3 is 5.11 Å². The van der Waals surface area contributed by atoms with E-state index < -0.39 is 12.3 Å². The van der Waals surface area contributed by atoms with Gasteiger partial charge >= 0.3 is 0 Å². The van der Waals surface area contributed by atoms with Gasteiger partial charge in [-0.15, -0.1) is 0 Å². The molecule has 3 heteroatoms. The number of halogens is 2. The van der Waals surface area contributed by atoms with Crippen LogP contribution < -0.4 is 0 Å². The monoisotopic (exact) mass is 226 g/mol. The van der Waals surface area contributed by atoms with Crippen molar-refractivity contribution in [3.63, 3.8) is 0 Å². The zero-order valence-electron chi connectivity index (χ0n) is 9.07. The number of hydrogen-bond donors (Lipinski definition) is 1. The zero-order chi connectivity index (χ0) is 11.5. The molecule has 1 saturated carbocycles. The Hall–Kier alpha value is -1.12. The standard InChI is InChI=1S/C13H16F2O/c14-13(15)11-7-2-1-5-9(11)10-6-3-4-8-12(10)16/h3-4,6,8-9,11,13,16H,1-2,5,7H2. The Labute approximate surface area is 94.1 Å². The third-order valence-electron chi connectivity index (χ3n) is 3.48. The average molecular weight is 226 g/mol. The minimum Gasteiger partial charge on any atom is -0.508 e. The van der Waals surface area contributed by atoms with Crippen LogP contribution in [0.1, 0.15) is 37.2 Å². The minimum absolute atomic E-state index is 0.153. The van der Waals surface area contributed by atoms with Crippen LogP contribution in [-0.2, 0) is 0 Å². The third kappa shape index (κ3) is 2.18. The van der Waals surface area contributed by atoms with Gasteiger partial charge in [-0.3, -0.25) is 0 Å². The molecule has 0 bridgehead atoms.